The van der Waals surface area contributed by atoms with Crippen LogP contribution in [0.4, 0.5) is 0 Å². The Hall–Kier alpha value is -0.730. The molecule has 1 rings (SSSR count). The first-order chi connectivity index (χ1) is 5.95. The molecule has 1 atom stereocenters. The zero-order valence-corrected chi connectivity index (χ0v) is 8.68. The molecule has 0 spiro atoms. The molecule has 0 saturated heterocycles. The summed E-state index contributed by atoms with van der Waals surface area (Å²) in [5, 5.41) is 19.3. The summed E-state index contributed by atoms with van der Waals surface area (Å²) in [5.41, 5.74) is 2.38. The summed E-state index contributed by atoms with van der Waals surface area (Å²) >= 11 is 5.77. The fourth-order valence-corrected chi connectivity index (χ4v) is 1.66. The highest BCUT2D eigenvalue weighted by molar-refractivity contribution is 6.32. The standard InChI is InChI=1S/C10H13ClO2/c1-5-4-8(11)10(13)9(6(5)2)7(3)12/h4,7,12-13H,1-3H3. The van der Waals surface area contributed by atoms with E-state index >= 15 is 0 Å². The average Bonchev–Trinajstić information content (AvgIpc) is 2.01. The summed E-state index contributed by atoms with van der Waals surface area (Å²) in [6, 6.07) is 1.69. The number of aromatic hydroxyl groups is 1. The van der Waals surface area contributed by atoms with Gasteiger partial charge in [0.1, 0.15) is 5.75 Å². The van der Waals surface area contributed by atoms with E-state index in [0.29, 0.717) is 10.6 Å². The van der Waals surface area contributed by atoms with Crippen molar-refractivity contribution in [1.29, 1.82) is 0 Å². The van der Waals surface area contributed by atoms with Crippen LogP contribution in [0.5, 0.6) is 5.75 Å². The van der Waals surface area contributed by atoms with E-state index in [2.05, 4.69) is 0 Å². The van der Waals surface area contributed by atoms with E-state index in [9.17, 15) is 10.2 Å². The number of benzene rings is 1. The van der Waals surface area contributed by atoms with Gasteiger partial charge in [-0.1, -0.05) is 11.6 Å². The molecule has 0 saturated carbocycles. The smallest absolute Gasteiger partial charge is 0.140 e. The van der Waals surface area contributed by atoms with Crippen LogP contribution in [0, 0.1) is 13.8 Å². The second kappa shape index (κ2) is 3.56. The highest BCUT2D eigenvalue weighted by Crippen LogP contribution is 2.35. The molecule has 0 aromatic heterocycles. The van der Waals surface area contributed by atoms with Gasteiger partial charge in [-0.15, -0.1) is 0 Å². The minimum Gasteiger partial charge on any atom is -0.506 e. The third kappa shape index (κ3) is 1.79. The number of rotatable bonds is 1. The molecule has 0 heterocycles. The molecular formula is C10H13ClO2. The van der Waals surface area contributed by atoms with Gasteiger partial charge in [-0.25, -0.2) is 0 Å². The highest BCUT2D eigenvalue weighted by Gasteiger charge is 2.15. The number of phenols is 1. The predicted octanol–water partition coefficient (Wildman–Crippen LogP) is 2.72. The Balaban J connectivity index is 3.46. The van der Waals surface area contributed by atoms with Gasteiger partial charge >= 0.3 is 0 Å². The van der Waals surface area contributed by atoms with E-state index in [-0.39, 0.29) is 5.75 Å². The summed E-state index contributed by atoms with van der Waals surface area (Å²) in [4.78, 5) is 0. The van der Waals surface area contributed by atoms with Gasteiger partial charge in [-0.2, -0.15) is 0 Å². The maximum absolute atomic E-state index is 9.58. The van der Waals surface area contributed by atoms with Gasteiger partial charge in [0.05, 0.1) is 11.1 Å². The van der Waals surface area contributed by atoms with Gasteiger partial charge in [-0.3, -0.25) is 0 Å². The maximum Gasteiger partial charge on any atom is 0.140 e. The van der Waals surface area contributed by atoms with Crippen molar-refractivity contribution in [3.05, 3.63) is 27.8 Å². The molecule has 0 amide bonds. The molecule has 0 bridgehead atoms. The zero-order chi connectivity index (χ0) is 10.2. The van der Waals surface area contributed by atoms with Crippen molar-refractivity contribution in [3.63, 3.8) is 0 Å². The fraction of sp³-hybridized carbons (Fsp3) is 0.400. The van der Waals surface area contributed by atoms with Crippen molar-refractivity contribution >= 4 is 11.6 Å². The van der Waals surface area contributed by atoms with Crippen LogP contribution in [-0.4, -0.2) is 10.2 Å². The average molecular weight is 201 g/mol. The number of aliphatic hydroxyl groups excluding tert-OH is 1. The molecule has 0 radical (unpaired) electrons. The van der Waals surface area contributed by atoms with Crippen molar-refractivity contribution in [3.8, 4) is 5.75 Å². The van der Waals surface area contributed by atoms with Crippen molar-refractivity contribution < 1.29 is 10.2 Å². The molecule has 1 unspecified atom stereocenters. The molecular weight excluding hydrogens is 188 g/mol. The van der Waals surface area contributed by atoms with Crippen LogP contribution in [0.15, 0.2) is 6.07 Å². The first-order valence-corrected chi connectivity index (χ1v) is 4.49. The molecule has 0 aliphatic heterocycles. The second-order valence-electron chi connectivity index (χ2n) is 3.24. The van der Waals surface area contributed by atoms with Crippen LogP contribution in [-0.2, 0) is 0 Å². The number of aryl methyl sites for hydroxylation is 1. The van der Waals surface area contributed by atoms with E-state index < -0.39 is 6.10 Å². The van der Waals surface area contributed by atoms with E-state index in [1.165, 1.54) is 0 Å². The normalized spacial score (nSPS) is 13.0. The summed E-state index contributed by atoms with van der Waals surface area (Å²) in [6.45, 7) is 5.36. The predicted molar refractivity (Wildman–Crippen MR) is 53.2 cm³/mol. The molecule has 2 nitrogen and oxygen atoms in total. The minimum absolute atomic E-state index is 0.0141. The molecule has 0 aliphatic carbocycles. The minimum atomic E-state index is -0.697. The molecule has 72 valence electrons. The monoisotopic (exact) mass is 200 g/mol. The highest BCUT2D eigenvalue weighted by atomic mass is 35.5. The van der Waals surface area contributed by atoms with Crippen molar-refractivity contribution in [2.24, 2.45) is 0 Å². The summed E-state index contributed by atoms with van der Waals surface area (Å²) in [7, 11) is 0. The zero-order valence-electron chi connectivity index (χ0n) is 7.93. The van der Waals surface area contributed by atoms with Crippen LogP contribution in [0.1, 0.15) is 29.7 Å². The summed E-state index contributed by atoms with van der Waals surface area (Å²) in [5.74, 6) is -0.0141. The number of hydrogen-bond donors (Lipinski definition) is 2. The Morgan fingerprint density at radius 1 is 1.38 bits per heavy atom. The Kier molecular flexibility index (Phi) is 2.84. The third-order valence-corrected chi connectivity index (χ3v) is 2.53. The van der Waals surface area contributed by atoms with Crippen LogP contribution in [0.2, 0.25) is 5.02 Å². The maximum atomic E-state index is 9.58. The van der Waals surface area contributed by atoms with Crippen molar-refractivity contribution in [2.45, 2.75) is 26.9 Å². The van der Waals surface area contributed by atoms with Gasteiger partial charge < -0.3 is 10.2 Å². The SMILES string of the molecule is Cc1cc(Cl)c(O)c(C(C)O)c1C. The first kappa shape index (κ1) is 10.4. The van der Waals surface area contributed by atoms with Gasteiger partial charge in [-0.05, 0) is 38.0 Å². The Morgan fingerprint density at radius 2 is 1.92 bits per heavy atom. The van der Waals surface area contributed by atoms with E-state index in [0.717, 1.165) is 11.1 Å². The van der Waals surface area contributed by atoms with Crippen LogP contribution in [0.3, 0.4) is 0 Å². The van der Waals surface area contributed by atoms with Gasteiger partial charge in [0.2, 0.25) is 0 Å². The molecule has 0 fully saturated rings. The molecule has 0 aliphatic rings. The van der Waals surface area contributed by atoms with E-state index in [1.54, 1.807) is 13.0 Å². The Morgan fingerprint density at radius 3 is 2.38 bits per heavy atom. The molecule has 2 N–H and O–H groups in total. The number of phenolic OH excluding ortho intramolecular Hbond substituents is 1. The van der Waals surface area contributed by atoms with Crippen molar-refractivity contribution in [2.75, 3.05) is 0 Å². The van der Waals surface area contributed by atoms with Gasteiger partial charge in [0, 0.05) is 5.56 Å². The lowest BCUT2D eigenvalue weighted by Crippen LogP contribution is -1.98. The Labute approximate surface area is 82.8 Å². The summed E-state index contributed by atoms with van der Waals surface area (Å²) in [6.07, 6.45) is -0.697. The first-order valence-electron chi connectivity index (χ1n) is 4.11. The topological polar surface area (TPSA) is 40.5 Å². The lowest BCUT2D eigenvalue weighted by atomic mass is 9.99. The van der Waals surface area contributed by atoms with Gasteiger partial charge in [0.15, 0.2) is 0 Å². The van der Waals surface area contributed by atoms with Gasteiger partial charge in [0.25, 0.3) is 0 Å². The van der Waals surface area contributed by atoms with Crippen molar-refractivity contribution in [1.82, 2.24) is 0 Å². The molecule has 13 heavy (non-hydrogen) atoms. The largest absolute Gasteiger partial charge is 0.506 e. The quantitative estimate of drug-likeness (QED) is 0.732. The lowest BCUT2D eigenvalue weighted by Gasteiger charge is -2.14. The Bertz CT molecular complexity index is 306. The molecule has 3 heteroatoms. The lowest BCUT2D eigenvalue weighted by molar-refractivity contribution is 0.194. The number of aliphatic hydroxyl groups is 1. The van der Waals surface area contributed by atoms with Crippen LogP contribution in [0.25, 0.3) is 0 Å². The van der Waals surface area contributed by atoms with E-state index in [1.807, 2.05) is 13.8 Å². The van der Waals surface area contributed by atoms with Crippen LogP contribution >= 0.6 is 11.6 Å². The molecule has 1 aromatic carbocycles. The fourth-order valence-electron chi connectivity index (χ4n) is 1.40. The molecule has 1 aromatic rings. The summed E-state index contributed by atoms with van der Waals surface area (Å²) < 4.78 is 0. The second-order valence-corrected chi connectivity index (χ2v) is 3.65. The third-order valence-electron chi connectivity index (χ3n) is 2.24. The number of halogens is 1. The number of hydrogen-bond acceptors (Lipinski definition) is 2. The van der Waals surface area contributed by atoms with Crippen LogP contribution < -0.4 is 0 Å². The van der Waals surface area contributed by atoms with E-state index in [4.69, 9.17) is 11.6 Å².